The molecule has 0 bridgehead atoms. The number of ether oxygens (including phenoxy) is 1. The number of methoxy groups -OCH3 is 1. The Kier molecular flexibility index (Phi) is 2.92. The van der Waals surface area contributed by atoms with Crippen molar-refractivity contribution in [1.82, 2.24) is 9.78 Å². The number of carbonyl (C=O) groups is 1. The van der Waals surface area contributed by atoms with Crippen molar-refractivity contribution < 1.29 is 14.6 Å². The number of aromatic nitrogens is 2. The number of hydrogen-bond acceptors (Lipinski definition) is 5. The van der Waals surface area contributed by atoms with Crippen LogP contribution in [0.5, 0.6) is 0 Å². The first kappa shape index (κ1) is 12.1. The largest absolute Gasteiger partial charge is 0.464 e. The Morgan fingerprint density at radius 2 is 2.41 bits per heavy atom. The molecule has 0 atom stereocenters. The van der Waals surface area contributed by atoms with Gasteiger partial charge in [-0.1, -0.05) is 0 Å². The molecule has 0 spiro atoms. The number of aliphatic hydroxyl groups excluding tert-OH is 1. The van der Waals surface area contributed by atoms with E-state index < -0.39 is 5.97 Å². The summed E-state index contributed by atoms with van der Waals surface area (Å²) >= 11 is 0. The van der Waals surface area contributed by atoms with Gasteiger partial charge < -0.3 is 15.6 Å². The first-order valence-electron chi connectivity index (χ1n) is 5.53. The van der Waals surface area contributed by atoms with Gasteiger partial charge in [0.25, 0.3) is 0 Å². The topological polar surface area (TPSA) is 90.4 Å². The molecule has 2 rings (SSSR count). The summed E-state index contributed by atoms with van der Waals surface area (Å²) in [5.41, 5.74) is 6.68. The lowest BCUT2D eigenvalue weighted by molar-refractivity contribution is 0.0183. The van der Waals surface area contributed by atoms with Crippen molar-refractivity contribution in [1.29, 1.82) is 0 Å². The second-order valence-corrected chi connectivity index (χ2v) is 4.58. The molecule has 6 heteroatoms. The molecule has 0 radical (unpaired) electrons. The second-order valence-electron chi connectivity index (χ2n) is 4.58. The normalized spacial score (nSPS) is 27.6. The van der Waals surface area contributed by atoms with E-state index in [4.69, 9.17) is 5.73 Å². The minimum atomic E-state index is -0.459. The van der Waals surface area contributed by atoms with E-state index in [1.54, 1.807) is 17.8 Å². The van der Waals surface area contributed by atoms with E-state index in [9.17, 15) is 9.90 Å². The van der Waals surface area contributed by atoms with Crippen molar-refractivity contribution in [3.05, 3.63) is 17.5 Å². The zero-order valence-electron chi connectivity index (χ0n) is 10.0. The van der Waals surface area contributed by atoms with Crippen molar-refractivity contribution in [2.24, 2.45) is 12.8 Å². The average molecular weight is 239 g/mol. The second kappa shape index (κ2) is 4.12. The minimum absolute atomic E-state index is 0.257. The summed E-state index contributed by atoms with van der Waals surface area (Å²) in [5.74, 6) is -0.459. The van der Waals surface area contributed by atoms with Gasteiger partial charge in [-0.15, -0.1) is 0 Å². The van der Waals surface area contributed by atoms with Crippen LogP contribution in [0.15, 0.2) is 6.07 Å². The van der Waals surface area contributed by atoms with E-state index in [0.29, 0.717) is 19.4 Å². The Hall–Kier alpha value is -1.40. The summed E-state index contributed by atoms with van der Waals surface area (Å²) in [4.78, 5) is 11.4. The molecule has 1 fully saturated rings. The van der Waals surface area contributed by atoms with E-state index in [1.807, 2.05) is 0 Å². The van der Waals surface area contributed by atoms with Crippen LogP contribution < -0.4 is 5.73 Å². The molecule has 0 aliphatic heterocycles. The van der Waals surface area contributed by atoms with Crippen molar-refractivity contribution in [2.45, 2.75) is 24.4 Å². The average Bonchev–Trinajstić information content (AvgIpc) is 2.66. The zero-order valence-corrected chi connectivity index (χ0v) is 10.0. The third-order valence-electron chi connectivity index (χ3n) is 3.46. The van der Waals surface area contributed by atoms with Gasteiger partial charge in [0.15, 0.2) is 5.69 Å². The maximum absolute atomic E-state index is 11.4. The molecule has 1 aromatic heterocycles. The van der Waals surface area contributed by atoms with Crippen LogP contribution in [0, 0.1) is 0 Å². The SMILES string of the molecule is COC(=O)c1cc(C2(CN)CC(O)C2)n(C)n1. The highest BCUT2D eigenvalue weighted by molar-refractivity contribution is 5.87. The van der Waals surface area contributed by atoms with E-state index in [0.717, 1.165) is 5.69 Å². The van der Waals surface area contributed by atoms with E-state index in [1.165, 1.54) is 7.11 Å². The van der Waals surface area contributed by atoms with Crippen molar-refractivity contribution >= 4 is 5.97 Å². The highest BCUT2D eigenvalue weighted by Crippen LogP contribution is 2.43. The van der Waals surface area contributed by atoms with Gasteiger partial charge in [0.1, 0.15) is 0 Å². The van der Waals surface area contributed by atoms with Gasteiger partial charge in [0, 0.05) is 24.7 Å². The number of nitrogens with two attached hydrogens (primary N) is 1. The lowest BCUT2D eigenvalue weighted by atomic mass is 9.64. The maximum Gasteiger partial charge on any atom is 0.358 e. The number of aliphatic hydroxyl groups is 1. The fourth-order valence-electron chi connectivity index (χ4n) is 2.49. The summed E-state index contributed by atoms with van der Waals surface area (Å²) in [6, 6.07) is 1.70. The lowest BCUT2D eigenvalue weighted by Gasteiger charge is -2.44. The number of aryl methyl sites for hydroxylation is 1. The summed E-state index contributed by atoms with van der Waals surface area (Å²) < 4.78 is 6.27. The number of carbonyl (C=O) groups excluding carboxylic acids is 1. The van der Waals surface area contributed by atoms with Crippen molar-refractivity contribution in [3.8, 4) is 0 Å². The Bertz CT molecular complexity index is 435. The van der Waals surface area contributed by atoms with Crippen LogP contribution in [-0.4, -0.2) is 40.6 Å². The Morgan fingerprint density at radius 1 is 1.76 bits per heavy atom. The molecule has 0 amide bonds. The van der Waals surface area contributed by atoms with Gasteiger partial charge in [-0.05, 0) is 18.9 Å². The monoisotopic (exact) mass is 239 g/mol. The summed E-state index contributed by atoms with van der Waals surface area (Å²) in [6.07, 6.45) is 0.919. The van der Waals surface area contributed by atoms with Gasteiger partial charge in [-0.25, -0.2) is 4.79 Å². The Labute approximate surface area is 99.4 Å². The number of esters is 1. The van der Waals surface area contributed by atoms with E-state index in [2.05, 4.69) is 9.84 Å². The fraction of sp³-hybridized carbons (Fsp3) is 0.636. The highest BCUT2D eigenvalue weighted by Gasteiger charge is 2.46. The number of nitrogens with zero attached hydrogens (tertiary/aromatic N) is 2. The first-order valence-corrected chi connectivity index (χ1v) is 5.53. The third kappa shape index (κ3) is 1.83. The van der Waals surface area contributed by atoms with Crippen LogP contribution in [0.3, 0.4) is 0 Å². The molecule has 1 heterocycles. The van der Waals surface area contributed by atoms with Crippen molar-refractivity contribution in [2.75, 3.05) is 13.7 Å². The van der Waals surface area contributed by atoms with Crippen LogP contribution in [0.25, 0.3) is 0 Å². The lowest BCUT2D eigenvalue weighted by Crippen LogP contribution is -2.50. The van der Waals surface area contributed by atoms with Crippen LogP contribution in [0.4, 0.5) is 0 Å². The molecule has 17 heavy (non-hydrogen) atoms. The highest BCUT2D eigenvalue weighted by atomic mass is 16.5. The van der Waals surface area contributed by atoms with Crippen LogP contribution in [-0.2, 0) is 17.2 Å². The predicted molar refractivity (Wildman–Crippen MR) is 60.5 cm³/mol. The van der Waals surface area contributed by atoms with Crippen molar-refractivity contribution in [3.63, 3.8) is 0 Å². The molecule has 1 aliphatic carbocycles. The Balaban J connectivity index is 2.32. The Morgan fingerprint density at radius 3 is 2.88 bits per heavy atom. The van der Waals surface area contributed by atoms with Gasteiger partial charge >= 0.3 is 5.97 Å². The smallest absolute Gasteiger partial charge is 0.358 e. The summed E-state index contributed by atoms with van der Waals surface area (Å²) in [5, 5.41) is 13.6. The molecule has 6 nitrogen and oxygen atoms in total. The predicted octanol–water partition coefficient (Wildman–Crippen LogP) is -0.442. The molecule has 0 unspecified atom stereocenters. The van der Waals surface area contributed by atoms with Gasteiger partial charge in [-0.2, -0.15) is 5.10 Å². The molecule has 1 aromatic rings. The van der Waals surface area contributed by atoms with Crippen LogP contribution in [0.2, 0.25) is 0 Å². The first-order chi connectivity index (χ1) is 8.02. The summed E-state index contributed by atoms with van der Waals surface area (Å²) in [6.45, 7) is 0.435. The molecular weight excluding hydrogens is 222 g/mol. The molecule has 3 N–H and O–H groups in total. The quantitative estimate of drug-likeness (QED) is 0.698. The minimum Gasteiger partial charge on any atom is -0.464 e. The molecular formula is C11H17N3O3. The van der Waals surface area contributed by atoms with Gasteiger partial charge in [0.2, 0.25) is 0 Å². The summed E-state index contributed by atoms with van der Waals surface area (Å²) in [7, 11) is 3.09. The van der Waals surface area contributed by atoms with Gasteiger partial charge in [0.05, 0.1) is 13.2 Å². The fourth-order valence-corrected chi connectivity index (χ4v) is 2.49. The van der Waals surface area contributed by atoms with E-state index in [-0.39, 0.29) is 17.2 Å². The number of rotatable bonds is 3. The van der Waals surface area contributed by atoms with Gasteiger partial charge in [-0.3, -0.25) is 4.68 Å². The zero-order chi connectivity index (χ0) is 12.6. The molecule has 0 saturated heterocycles. The van der Waals surface area contributed by atoms with E-state index >= 15 is 0 Å². The maximum atomic E-state index is 11.4. The molecule has 94 valence electrons. The third-order valence-corrected chi connectivity index (χ3v) is 3.46. The number of hydrogen-bond donors (Lipinski definition) is 2. The standard InChI is InChI=1S/C11H17N3O3/c1-14-9(3-8(13-14)10(16)17-2)11(6-12)4-7(15)5-11/h3,7,15H,4-6,12H2,1-2H3. The van der Waals surface area contributed by atoms with Crippen LogP contribution in [0.1, 0.15) is 29.0 Å². The van der Waals surface area contributed by atoms with Crippen LogP contribution >= 0.6 is 0 Å². The molecule has 1 aliphatic rings. The molecule has 1 saturated carbocycles. The molecule has 0 aromatic carbocycles.